The molecule has 2 heterocycles. The number of aromatic nitrogens is 2. The molecule has 7 heteroatoms. The molecule has 7 nitrogen and oxygen atoms in total. The van der Waals surface area contributed by atoms with E-state index in [2.05, 4.69) is 17.2 Å². The van der Waals surface area contributed by atoms with Gasteiger partial charge in [-0.1, -0.05) is 31.2 Å². The molecular weight excluding hydrogens is 428 g/mol. The fourth-order valence-electron chi connectivity index (χ4n) is 5.28. The van der Waals surface area contributed by atoms with Crippen LogP contribution in [0.15, 0.2) is 48.5 Å². The summed E-state index contributed by atoms with van der Waals surface area (Å²) in [4.78, 5) is 34.0. The monoisotopic (exact) mass is 460 g/mol. The van der Waals surface area contributed by atoms with Gasteiger partial charge in [-0.2, -0.15) is 0 Å². The summed E-state index contributed by atoms with van der Waals surface area (Å²) >= 11 is 0. The number of hydrogen-bond donors (Lipinski definition) is 1. The zero-order valence-corrected chi connectivity index (χ0v) is 20.1. The third-order valence-electron chi connectivity index (χ3n) is 7.47. The molecule has 1 N–H and O–H groups in total. The molecule has 2 aliphatic rings. The summed E-state index contributed by atoms with van der Waals surface area (Å²) in [6, 6.07) is 15.5. The normalized spacial score (nSPS) is 24.7. The van der Waals surface area contributed by atoms with E-state index in [9.17, 15) is 9.59 Å². The minimum atomic E-state index is -1.06. The average molecular weight is 461 g/mol. The van der Waals surface area contributed by atoms with Gasteiger partial charge in [0.05, 0.1) is 24.7 Å². The van der Waals surface area contributed by atoms with Crippen LogP contribution in [0.25, 0.3) is 11.0 Å². The Balaban J connectivity index is 1.52. The van der Waals surface area contributed by atoms with Crippen molar-refractivity contribution in [3.63, 3.8) is 0 Å². The molecule has 1 fully saturated rings. The molecule has 5 rings (SSSR count). The molecule has 1 atom stereocenters. The first-order valence-corrected chi connectivity index (χ1v) is 12.1. The summed E-state index contributed by atoms with van der Waals surface area (Å²) < 4.78 is 7.28. The van der Waals surface area contributed by atoms with Crippen LogP contribution in [-0.4, -0.2) is 45.0 Å². The SMILES string of the molecule is COc1cccc(CN2C(=O)c3nc4ccccc4n3CC2(C)C(=O)NC2CCC(C)CC2)c1. The predicted octanol–water partition coefficient (Wildman–Crippen LogP) is 4.15. The number of amides is 2. The molecule has 0 spiro atoms. The van der Waals surface area contributed by atoms with Gasteiger partial charge in [0.15, 0.2) is 5.82 Å². The first kappa shape index (κ1) is 22.4. The molecule has 1 aliphatic carbocycles. The van der Waals surface area contributed by atoms with Gasteiger partial charge < -0.3 is 19.5 Å². The van der Waals surface area contributed by atoms with E-state index >= 15 is 0 Å². The van der Waals surface area contributed by atoms with Crippen molar-refractivity contribution in [3.05, 3.63) is 59.9 Å². The Kier molecular flexibility index (Phi) is 5.80. The maximum absolute atomic E-state index is 13.8. The lowest BCUT2D eigenvalue weighted by molar-refractivity contribution is -0.134. The molecule has 1 unspecified atom stereocenters. The number of imidazole rings is 1. The number of para-hydroxylation sites is 2. The molecular formula is C27H32N4O3. The lowest BCUT2D eigenvalue weighted by atomic mass is 9.86. The number of hydrogen-bond acceptors (Lipinski definition) is 4. The number of carbonyl (C=O) groups excluding carboxylic acids is 2. The topological polar surface area (TPSA) is 76.5 Å². The zero-order valence-electron chi connectivity index (χ0n) is 20.1. The summed E-state index contributed by atoms with van der Waals surface area (Å²) in [7, 11) is 1.62. The number of benzene rings is 2. The maximum atomic E-state index is 13.8. The van der Waals surface area contributed by atoms with Crippen molar-refractivity contribution in [2.24, 2.45) is 5.92 Å². The highest BCUT2D eigenvalue weighted by Gasteiger charge is 2.48. The van der Waals surface area contributed by atoms with E-state index in [0.29, 0.717) is 24.8 Å². The van der Waals surface area contributed by atoms with Crippen molar-refractivity contribution >= 4 is 22.8 Å². The highest BCUT2D eigenvalue weighted by Crippen LogP contribution is 2.33. The van der Waals surface area contributed by atoms with Crippen LogP contribution in [0.5, 0.6) is 5.75 Å². The second kappa shape index (κ2) is 8.78. The van der Waals surface area contributed by atoms with E-state index in [-0.39, 0.29) is 17.9 Å². The largest absolute Gasteiger partial charge is 0.497 e. The number of fused-ring (bicyclic) bond motifs is 3. The molecule has 2 aromatic carbocycles. The van der Waals surface area contributed by atoms with Gasteiger partial charge in [0.25, 0.3) is 5.91 Å². The third-order valence-corrected chi connectivity index (χ3v) is 7.47. The van der Waals surface area contributed by atoms with Gasteiger partial charge in [-0.05, 0) is 68.4 Å². The van der Waals surface area contributed by atoms with Gasteiger partial charge in [-0.25, -0.2) is 4.98 Å². The molecule has 2 amide bonds. The smallest absolute Gasteiger partial charge is 0.291 e. The second-order valence-electron chi connectivity index (χ2n) is 9.96. The molecule has 3 aromatic rings. The van der Waals surface area contributed by atoms with Crippen LogP contribution in [0.4, 0.5) is 0 Å². The van der Waals surface area contributed by atoms with E-state index in [0.717, 1.165) is 48.0 Å². The van der Waals surface area contributed by atoms with Crippen molar-refractivity contribution in [1.29, 1.82) is 0 Å². The Bertz CT molecular complexity index is 1230. The lowest BCUT2D eigenvalue weighted by Crippen LogP contribution is -2.64. The Morgan fingerprint density at radius 1 is 1.15 bits per heavy atom. The summed E-state index contributed by atoms with van der Waals surface area (Å²) in [6.45, 7) is 4.79. The molecule has 0 radical (unpaired) electrons. The van der Waals surface area contributed by atoms with Crippen LogP contribution < -0.4 is 10.1 Å². The maximum Gasteiger partial charge on any atom is 0.291 e. The van der Waals surface area contributed by atoms with Crippen LogP contribution in [0.1, 0.15) is 55.7 Å². The number of methoxy groups -OCH3 is 1. The van der Waals surface area contributed by atoms with E-state index in [1.165, 1.54) is 0 Å². The predicted molar refractivity (Wildman–Crippen MR) is 131 cm³/mol. The molecule has 1 saturated carbocycles. The molecule has 0 saturated heterocycles. The minimum absolute atomic E-state index is 0.105. The molecule has 34 heavy (non-hydrogen) atoms. The van der Waals surface area contributed by atoms with Crippen LogP contribution in [0, 0.1) is 5.92 Å². The molecule has 1 aromatic heterocycles. The molecule has 0 bridgehead atoms. The Labute approximate surface area is 200 Å². The van der Waals surface area contributed by atoms with Gasteiger partial charge in [0.2, 0.25) is 5.91 Å². The van der Waals surface area contributed by atoms with Gasteiger partial charge in [0.1, 0.15) is 11.3 Å². The number of rotatable bonds is 5. The highest BCUT2D eigenvalue weighted by molar-refractivity contribution is 6.01. The van der Waals surface area contributed by atoms with Gasteiger partial charge in [-0.15, -0.1) is 0 Å². The van der Waals surface area contributed by atoms with Gasteiger partial charge in [0, 0.05) is 12.6 Å². The molecule has 178 valence electrons. The van der Waals surface area contributed by atoms with Crippen molar-refractivity contribution in [3.8, 4) is 5.75 Å². The van der Waals surface area contributed by atoms with Crippen molar-refractivity contribution < 1.29 is 14.3 Å². The van der Waals surface area contributed by atoms with Gasteiger partial charge >= 0.3 is 0 Å². The van der Waals surface area contributed by atoms with E-state index < -0.39 is 5.54 Å². The Morgan fingerprint density at radius 2 is 1.91 bits per heavy atom. The highest BCUT2D eigenvalue weighted by atomic mass is 16.5. The average Bonchev–Trinajstić information content (AvgIpc) is 3.22. The molecule has 1 aliphatic heterocycles. The zero-order chi connectivity index (χ0) is 23.9. The summed E-state index contributed by atoms with van der Waals surface area (Å²) in [5, 5.41) is 3.29. The number of nitrogens with zero attached hydrogens (tertiary/aromatic N) is 3. The van der Waals surface area contributed by atoms with E-state index in [1.54, 1.807) is 12.0 Å². The number of carbonyl (C=O) groups is 2. The standard InChI is InChI=1S/C27H32N4O3/c1-18-11-13-20(14-12-18)28-26(33)27(2)17-30-23-10-5-4-9-22(23)29-24(30)25(32)31(27)16-19-7-6-8-21(15-19)34-3/h4-10,15,18,20H,11-14,16-17H2,1-3H3,(H,28,33). The minimum Gasteiger partial charge on any atom is -0.497 e. The quantitative estimate of drug-likeness (QED) is 0.621. The first-order valence-electron chi connectivity index (χ1n) is 12.1. The second-order valence-corrected chi connectivity index (χ2v) is 9.96. The van der Waals surface area contributed by atoms with Crippen LogP contribution >= 0.6 is 0 Å². The van der Waals surface area contributed by atoms with E-state index in [1.807, 2.05) is 60.0 Å². The summed E-state index contributed by atoms with van der Waals surface area (Å²) in [5.41, 5.74) is 1.48. The van der Waals surface area contributed by atoms with Crippen molar-refractivity contribution in [2.45, 2.75) is 64.2 Å². The van der Waals surface area contributed by atoms with Crippen molar-refractivity contribution in [2.75, 3.05) is 7.11 Å². The number of ether oxygens (including phenoxy) is 1. The Hall–Kier alpha value is -3.35. The summed E-state index contributed by atoms with van der Waals surface area (Å²) in [6.07, 6.45) is 4.19. The Morgan fingerprint density at radius 3 is 2.68 bits per heavy atom. The fraction of sp³-hybridized carbons (Fsp3) is 0.444. The van der Waals surface area contributed by atoms with Crippen LogP contribution in [0.3, 0.4) is 0 Å². The van der Waals surface area contributed by atoms with E-state index in [4.69, 9.17) is 4.74 Å². The number of nitrogens with one attached hydrogen (secondary N) is 1. The summed E-state index contributed by atoms with van der Waals surface area (Å²) in [5.74, 6) is 1.45. The lowest BCUT2D eigenvalue weighted by Gasteiger charge is -2.44. The van der Waals surface area contributed by atoms with Crippen LogP contribution in [0.2, 0.25) is 0 Å². The third kappa shape index (κ3) is 3.93. The fourth-order valence-corrected chi connectivity index (χ4v) is 5.28. The first-order chi connectivity index (χ1) is 16.4. The van der Waals surface area contributed by atoms with Gasteiger partial charge in [-0.3, -0.25) is 9.59 Å². The van der Waals surface area contributed by atoms with Crippen molar-refractivity contribution in [1.82, 2.24) is 19.8 Å². The van der Waals surface area contributed by atoms with Crippen LogP contribution in [-0.2, 0) is 17.9 Å².